The molecule has 26 heavy (non-hydrogen) atoms. The maximum absolute atomic E-state index is 5.08. The highest BCUT2D eigenvalue weighted by molar-refractivity contribution is 5.76. The van der Waals surface area contributed by atoms with Crippen LogP contribution >= 0.6 is 0 Å². The number of nitrogens with one attached hydrogen (secondary N) is 1. The van der Waals surface area contributed by atoms with Crippen molar-refractivity contribution < 1.29 is 0 Å². The SMILES string of the molecule is c1ccc2c(c1)nc(C1CCNC1)n2C1CCN(CC2CCCC2)CC1. The van der Waals surface area contributed by atoms with Gasteiger partial charge in [0.15, 0.2) is 0 Å². The van der Waals surface area contributed by atoms with Gasteiger partial charge in [-0.05, 0) is 56.7 Å². The minimum absolute atomic E-state index is 0.582. The average molecular weight is 353 g/mol. The largest absolute Gasteiger partial charge is 0.324 e. The van der Waals surface area contributed by atoms with E-state index in [0.717, 1.165) is 19.0 Å². The Labute approximate surface area is 157 Å². The maximum Gasteiger partial charge on any atom is 0.114 e. The molecule has 2 aromatic rings. The van der Waals surface area contributed by atoms with Crippen LogP contribution in [-0.2, 0) is 0 Å². The number of rotatable bonds is 4. The number of aromatic nitrogens is 2. The number of benzene rings is 1. The van der Waals surface area contributed by atoms with Crippen molar-refractivity contribution in [2.45, 2.75) is 56.9 Å². The minimum Gasteiger partial charge on any atom is -0.324 e. The third kappa shape index (κ3) is 3.18. The molecule has 1 unspecified atom stereocenters. The third-order valence-electron chi connectivity index (χ3n) is 6.96. The Kier molecular flexibility index (Phi) is 4.72. The van der Waals surface area contributed by atoms with Gasteiger partial charge in [0.05, 0.1) is 11.0 Å². The first-order chi connectivity index (χ1) is 12.9. The van der Waals surface area contributed by atoms with E-state index in [1.54, 1.807) is 0 Å². The molecular weight excluding hydrogens is 320 g/mol. The van der Waals surface area contributed by atoms with Crippen LogP contribution in [0.5, 0.6) is 0 Å². The van der Waals surface area contributed by atoms with Crippen LogP contribution < -0.4 is 5.32 Å². The first-order valence-electron chi connectivity index (χ1n) is 10.8. The summed E-state index contributed by atoms with van der Waals surface area (Å²) in [6.07, 6.45) is 9.63. The Morgan fingerprint density at radius 1 is 1.00 bits per heavy atom. The minimum atomic E-state index is 0.582. The fourth-order valence-corrected chi connectivity index (χ4v) is 5.53. The van der Waals surface area contributed by atoms with E-state index >= 15 is 0 Å². The van der Waals surface area contributed by atoms with E-state index in [1.165, 1.54) is 81.4 Å². The van der Waals surface area contributed by atoms with Crippen molar-refractivity contribution in [2.24, 2.45) is 5.92 Å². The van der Waals surface area contributed by atoms with Crippen LogP contribution in [0.2, 0.25) is 0 Å². The maximum atomic E-state index is 5.08. The lowest BCUT2D eigenvalue weighted by molar-refractivity contribution is 0.163. The normalized spacial score (nSPS) is 26.2. The Balaban J connectivity index is 1.36. The molecule has 4 heteroatoms. The van der Waals surface area contributed by atoms with Gasteiger partial charge < -0.3 is 14.8 Å². The van der Waals surface area contributed by atoms with Crippen LogP contribution in [0.15, 0.2) is 24.3 Å². The number of likely N-dealkylation sites (tertiary alicyclic amines) is 1. The molecule has 1 atom stereocenters. The van der Waals surface area contributed by atoms with Crippen molar-refractivity contribution in [3.63, 3.8) is 0 Å². The molecule has 3 heterocycles. The van der Waals surface area contributed by atoms with Crippen LogP contribution in [0.4, 0.5) is 0 Å². The van der Waals surface area contributed by atoms with E-state index in [1.807, 2.05) is 0 Å². The van der Waals surface area contributed by atoms with Crippen molar-refractivity contribution in [3.8, 4) is 0 Å². The van der Waals surface area contributed by atoms with Crippen LogP contribution in [0.3, 0.4) is 0 Å². The fourth-order valence-electron chi connectivity index (χ4n) is 5.53. The number of hydrogen-bond donors (Lipinski definition) is 1. The van der Waals surface area contributed by atoms with Crippen molar-refractivity contribution in [2.75, 3.05) is 32.7 Å². The number of nitrogens with zero attached hydrogens (tertiary/aromatic N) is 3. The molecule has 3 aliphatic rings. The topological polar surface area (TPSA) is 33.1 Å². The Morgan fingerprint density at radius 2 is 1.81 bits per heavy atom. The molecule has 1 aromatic carbocycles. The first kappa shape index (κ1) is 16.8. The zero-order valence-corrected chi connectivity index (χ0v) is 15.9. The van der Waals surface area contributed by atoms with Crippen molar-refractivity contribution in [1.29, 1.82) is 0 Å². The summed E-state index contributed by atoms with van der Waals surface area (Å²) in [5.41, 5.74) is 2.53. The van der Waals surface area contributed by atoms with Gasteiger partial charge in [-0.25, -0.2) is 4.98 Å². The van der Waals surface area contributed by atoms with Crippen LogP contribution in [-0.4, -0.2) is 47.2 Å². The van der Waals surface area contributed by atoms with E-state index in [-0.39, 0.29) is 0 Å². The molecule has 4 nitrogen and oxygen atoms in total. The molecule has 1 N–H and O–H groups in total. The Morgan fingerprint density at radius 3 is 2.58 bits per heavy atom. The lowest BCUT2D eigenvalue weighted by Gasteiger charge is -2.35. The second-order valence-electron chi connectivity index (χ2n) is 8.70. The molecule has 3 fully saturated rings. The Bertz CT molecular complexity index is 732. The Hall–Kier alpha value is -1.39. The number of imidazole rings is 1. The van der Waals surface area contributed by atoms with Crippen molar-refractivity contribution in [3.05, 3.63) is 30.1 Å². The summed E-state index contributed by atoms with van der Waals surface area (Å²) < 4.78 is 2.62. The second-order valence-corrected chi connectivity index (χ2v) is 8.70. The van der Waals surface area contributed by atoms with Crippen LogP contribution in [0, 0.1) is 5.92 Å². The summed E-state index contributed by atoms with van der Waals surface area (Å²) >= 11 is 0. The summed E-state index contributed by atoms with van der Waals surface area (Å²) in [6.45, 7) is 6.08. The molecule has 1 aliphatic carbocycles. The van der Waals surface area contributed by atoms with E-state index in [2.05, 4.69) is 39.0 Å². The second kappa shape index (κ2) is 7.32. The van der Waals surface area contributed by atoms with Gasteiger partial charge in [0.2, 0.25) is 0 Å². The highest BCUT2D eigenvalue weighted by atomic mass is 15.2. The van der Waals surface area contributed by atoms with Gasteiger partial charge in [0, 0.05) is 38.1 Å². The number of piperidine rings is 1. The van der Waals surface area contributed by atoms with Gasteiger partial charge in [-0.15, -0.1) is 0 Å². The van der Waals surface area contributed by atoms with E-state index in [4.69, 9.17) is 4.98 Å². The first-order valence-corrected chi connectivity index (χ1v) is 10.8. The molecule has 2 saturated heterocycles. The predicted molar refractivity (Wildman–Crippen MR) is 107 cm³/mol. The van der Waals surface area contributed by atoms with Gasteiger partial charge in [-0.1, -0.05) is 25.0 Å². The third-order valence-corrected chi connectivity index (χ3v) is 6.96. The number of hydrogen-bond acceptors (Lipinski definition) is 3. The van der Waals surface area contributed by atoms with Gasteiger partial charge in [0.25, 0.3) is 0 Å². The van der Waals surface area contributed by atoms with Crippen molar-refractivity contribution >= 4 is 11.0 Å². The molecular formula is C22H32N4. The van der Waals surface area contributed by atoms with E-state index < -0.39 is 0 Å². The standard InChI is InChI=1S/C22H32N4/c1-2-6-17(5-1)16-25-13-10-19(11-14-25)26-21-8-4-3-7-20(21)24-22(26)18-9-12-23-15-18/h3-4,7-8,17-19,23H,1-2,5-6,9-16H2. The lowest BCUT2D eigenvalue weighted by Crippen LogP contribution is -2.37. The summed E-state index contributed by atoms with van der Waals surface area (Å²) in [4.78, 5) is 7.82. The highest BCUT2D eigenvalue weighted by Gasteiger charge is 2.30. The van der Waals surface area contributed by atoms with Gasteiger partial charge in [0.1, 0.15) is 5.82 Å². The number of fused-ring (bicyclic) bond motifs is 1. The van der Waals surface area contributed by atoms with Crippen LogP contribution in [0.25, 0.3) is 11.0 Å². The van der Waals surface area contributed by atoms with Crippen molar-refractivity contribution in [1.82, 2.24) is 19.8 Å². The molecule has 1 aromatic heterocycles. The van der Waals surface area contributed by atoms with Crippen LogP contribution in [0.1, 0.15) is 62.7 Å². The molecule has 1 saturated carbocycles. The summed E-state index contributed by atoms with van der Waals surface area (Å²) in [5.74, 6) is 2.89. The monoisotopic (exact) mass is 352 g/mol. The molecule has 0 spiro atoms. The molecule has 2 aliphatic heterocycles. The lowest BCUT2D eigenvalue weighted by atomic mass is 10.00. The molecule has 5 rings (SSSR count). The fraction of sp³-hybridized carbons (Fsp3) is 0.682. The summed E-state index contributed by atoms with van der Waals surface area (Å²) in [6, 6.07) is 9.39. The quantitative estimate of drug-likeness (QED) is 0.905. The highest BCUT2D eigenvalue weighted by Crippen LogP contribution is 2.34. The zero-order chi connectivity index (χ0) is 17.3. The smallest absolute Gasteiger partial charge is 0.114 e. The molecule has 140 valence electrons. The molecule has 0 amide bonds. The average Bonchev–Trinajstić information content (AvgIpc) is 3.43. The summed E-state index contributed by atoms with van der Waals surface area (Å²) in [7, 11) is 0. The van der Waals surface area contributed by atoms with E-state index in [9.17, 15) is 0 Å². The number of para-hydroxylation sites is 2. The molecule has 0 bridgehead atoms. The summed E-state index contributed by atoms with van der Waals surface area (Å²) in [5, 5.41) is 3.53. The predicted octanol–water partition coefficient (Wildman–Crippen LogP) is 3.94. The zero-order valence-electron chi connectivity index (χ0n) is 15.9. The van der Waals surface area contributed by atoms with Gasteiger partial charge in [-0.3, -0.25) is 0 Å². The van der Waals surface area contributed by atoms with E-state index in [0.29, 0.717) is 12.0 Å². The van der Waals surface area contributed by atoms with Gasteiger partial charge in [-0.2, -0.15) is 0 Å². The van der Waals surface area contributed by atoms with Gasteiger partial charge >= 0.3 is 0 Å². The molecule has 0 radical (unpaired) electrons.